The number of nitrogens with zero attached hydrogens (tertiary/aromatic N) is 2. The van der Waals surface area contributed by atoms with Crippen LogP contribution in [0.1, 0.15) is 12.0 Å². The second kappa shape index (κ2) is 5.33. The summed E-state index contributed by atoms with van der Waals surface area (Å²) in [4.78, 5) is 5.97. The van der Waals surface area contributed by atoms with Gasteiger partial charge >= 0.3 is 0 Å². The lowest BCUT2D eigenvalue weighted by molar-refractivity contribution is 0.253. The summed E-state index contributed by atoms with van der Waals surface area (Å²) >= 11 is 11.7. The van der Waals surface area contributed by atoms with Crippen LogP contribution in [0.3, 0.4) is 0 Å². The fraction of sp³-hybridized carbons (Fsp3) is 0.545. The van der Waals surface area contributed by atoms with Gasteiger partial charge in [0.25, 0.3) is 0 Å². The van der Waals surface area contributed by atoms with Gasteiger partial charge in [-0.2, -0.15) is 0 Å². The number of rotatable bonds is 3. The first kappa shape index (κ1) is 14.1. The van der Waals surface area contributed by atoms with E-state index in [2.05, 4.69) is 4.98 Å². The molecule has 100 valence electrons. The average molecular weight is 309 g/mol. The van der Waals surface area contributed by atoms with Crippen LogP contribution in [0.25, 0.3) is 0 Å². The maximum Gasteiger partial charge on any atom is 0.151 e. The number of halogens is 2. The SMILES string of the molecule is CN(Cc1ccc(Cl)nc1Cl)C1CCS(=O)(=O)C1. The Balaban J connectivity index is 2.05. The fourth-order valence-corrected chi connectivity index (χ4v) is 4.29. The number of pyridine rings is 1. The van der Waals surface area contributed by atoms with Gasteiger partial charge in [-0.05, 0) is 19.5 Å². The molecule has 1 atom stereocenters. The zero-order valence-corrected chi connectivity index (χ0v) is 12.3. The molecule has 1 fully saturated rings. The summed E-state index contributed by atoms with van der Waals surface area (Å²) in [6.45, 7) is 0.573. The van der Waals surface area contributed by atoms with Crippen molar-refractivity contribution in [2.24, 2.45) is 0 Å². The summed E-state index contributed by atoms with van der Waals surface area (Å²) in [6, 6.07) is 3.56. The predicted molar refractivity (Wildman–Crippen MR) is 72.8 cm³/mol. The van der Waals surface area contributed by atoms with Crippen LogP contribution in [0.2, 0.25) is 10.3 Å². The highest BCUT2D eigenvalue weighted by Crippen LogP contribution is 2.22. The van der Waals surface area contributed by atoms with Crippen molar-refractivity contribution in [2.45, 2.75) is 19.0 Å². The topological polar surface area (TPSA) is 50.3 Å². The van der Waals surface area contributed by atoms with E-state index in [1.807, 2.05) is 18.0 Å². The van der Waals surface area contributed by atoms with Crippen molar-refractivity contribution in [1.82, 2.24) is 9.88 Å². The first-order chi connectivity index (χ1) is 8.37. The van der Waals surface area contributed by atoms with Crippen molar-refractivity contribution >= 4 is 33.0 Å². The molecule has 18 heavy (non-hydrogen) atoms. The Kier molecular flexibility index (Phi) is 4.16. The van der Waals surface area contributed by atoms with Gasteiger partial charge in [-0.25, -0.2) is 13.4 Å². The Labute approximate surface area is 117 Å². The highest BCUT2D eigenvalue weighted by Gasteiger charge is 2.30. The number of hydrogen-bond acceptors (Lipinski definition) is 4. The largest absolute Gasteiger partial charge is 0.298 e. The maximum atomic E-state index is 11.4. The first-order valence-corrected chi connectivity index (χ1v) is 8.17. The summed E-state index contributed by atoms with van der Waals surface area (Å²) in [5.74, 6) is 0.497. The zero-order chi connectivity index (χ0) is 13.3. The quantitative estimate of drug-likeness (QED) is 0.802. The molecule has 0 N–H and O–H groups in total. The van der Waals surface area contributed by atoms with Crippen LogP contribution in [-0.2, 0) is 16.4 Å². The van der Waals surface area contributed by atoms with Gasteiger partial charge in [0.2, 0.25) is 0 Å². The van der Waals surface area contributed by atoms with Crippen LogP contribution in [0, 0.1) is 0 Å². The molecule has 7 heteroatoms. The Hall–Kier alpha value is -0.360. The van der Waals surface area contributed by atoms with Crippen molar-refractivity contribution in [3.8, 4) is 0 Å². The second-order valence-electron chi connectivity index (χ2n) is 4.56. The molecule has 0 amide bonds. The third kappa shape index (κ3) is 3.35. The molecule has 1 saturated heterocycles. The third-order valence-electron chi connectivity index (χ3n) is 3.14. The Morgan fingerprint density at radius 1 is 1.44 bits per heavy atom. The van der Waals surface area contributed by atoms with E-state index in [1.165, 1.54) is 0 Å². The van der Waals surface area contributed by atoms with E-state index in [9.17, 15) is 8.42 Å². The molecule has 0 spiro atoms. The Morgan fingerprint density at radius 3 is 2.72 bits per heavy atom. The van der Waals surface area contributed by atoms with E-state index in [-0.39, 0.29) is 17.5 Å². The maximum absolute atomic E-state index is 11.4. The molecule has 4 nitrogen and oxygen atoms in total. The van der Waals surface area contributed by atoms with E-state index < -0.39 is 9.84 Å². The van der Waals surface area contributed by atoms with Crippen LogP contribution in [0.15, 0.2) is 12.1 Å². The van der Waals surface area contributed by atoms with Gasteiger partial charge in [-0.3, -0.25) is 4.90 Å². The lowest BCUT2D eigenvalue weighted by atomic mass is 10.2. The zero-order valence-electron chi connectivity index (χ0n) is 9.94. The van der Waals surface area contributed by atoms with E-state index in [1.54, 1.807) is 6.07 Å². The summed E-state index contributed by atoms with van der Waals surface area (Å²) in [6.07, 6.45) is 0.678. The van der Waals surface area contributed by atoms with Gasteiger partial charge in [0, 0.05) is 18.2 Å². The van der Waals surface area contributed by atoms with Gasteiger partial charge in [-0.1, -0.05) is 29.3 Å². The minimum absolute atomic E-state index is 0.0572. The van der Waals surface area contributed by atoms with Crippen molar-refractivity contribution in [3.63, 3.8) is 0 Å². The van der Waals surface area contributed by atoms with E-state index in [0.29, 0.717) is 23.3 Å². The first-order valence-electron chi connectivity index (χ1n) is 5.59. The van der Waals surface area contributed by atoms with Gasteiger partial charge < -0.3 is 0 Å². The monoisotopic (exact) mass is 308 g/mol. The van der Waals surface area contributed by atoms with E-state index in [4.69, 9.17) is 23.2 Å². The molecule has 0 aromatic carbocycles. The second-order valence-corrected chi connectivity index (χ2v) is 7.53. The Bertz CT molecular complexity index is 548. The molecule has 2 rings (SSSR count). The van der Waals surface area contributed by atoms with Crippen molar-refractivity contribution < 1.29 is 8.42 Å². The molecule has 1 aromatic rings. The normalized spacial score (nSPS) is 22.6. The van der Waals surface area contributed by atoms with Crippen LogP contribution in [0.5, 0.6) is 0 Å². The van der Waals surface area contributed by atoms with Crippen LogP contribution in [-0.4, -0.2) is 42.9 Å². The molecule has 1 aromatic heterocycles. The smallest absolute Gasteiger partial charge is 0.151 e. The molecule has 0 radical (unpaired) electrons. The number of sulfone groups is 1. The van der Waals surface area contributed by atoms with Gasteiger partial charge in [-0.15, -0.1) is 0 Å². The minimum Gasteiger partial charge on any atom is -0.298 e. The molecule has 1 aliphatic rings. The summed E-state index contributed by atoms with van der Waals surface area (Å²) in [5.41, 5.74) is 0.855. The minimum atomic E-state index is -2.86. The number of aromatic nitrogens is 1. The van der Waals surface area contributed by atoms with Gasteiger partial charge in [0.1, 0.15) is 10.3 Å². The molecule has 0 bridgehead atoms. The van der Waals surface area contributed by atoms with Crippen LogP contribution >= 0.6 is 23.2 Å². The summed E-state index contributed by atoms with van der Waals surface area (Å²) in [7, 11) is -0.962. The van der Waals surface area contributed by atoms with Gasteiger partial charge in [0.15, 0.2) is 9.84 Å². The van der Waals surface area contributed by atoms with Gasteiger partial charge in [0.05, 0.1) is 11.5 Å². The molecular weight excluding hydrogens is 295 g/mol. The molecular formula is C11H14Cl2N2O2S. The lowest BCUT2D eigenvalue weighted by Crippen LogP contribution is -2.32. The van der Waals surface area contributed by atoms with Crippen LogP contribution in [0.4, 0.5) is 0 Å². The summed E-state index contributed by atoms with van der Waals surface area (Å²) in [5, 5.41) is 0.727. The van der Waals surface area contributed by atoms with E-state index in [0.717, 1.165) is 5.56 Å². The van der Waals surface area contributed by atoms with Crippen molar-refractivity contribution in [1.29, 1.82) is 0 Å². The Morgan fingerprint density at radius 2 is 2.17 bits per heavy atom. The standard InChI is InChI=1S/C11H14Cl2N2O2S/c1-15(9-4-5-18(16,17)7-9)6-8-2-3-10(12)14-11(8)13/h2-3,9H,4-7H2,1H3. The molecule has 1 aliphatic heterocycles. The van der Waals surface area contributed by atoms with Crippen LogP contribution < -0.4 is 0 Å². The molecule has 0 aliphatic carbocycles. The van der Waals surface area contributed by atoms with E-state index >= 15 is 0 Å². The lowest BCUT2D eigenvalue weighted by Gasteiger charge is -2.23. The summed E-state index contributed by atoms with van der Waals surface area (Å²) < 4.78 is 22.9. The fourth-order valence-electron chi connectivity index (χ4n) is 2.08. The third-order valence-corrected chi connectivity index (χ3v) is 5.43. The predicted octanol–water partition coefficient (Wildman–Crippen LogP) is 2.01. The number of hydrogen-bond donors (Lipinski definition) is 0. The average Bonchev–Trinajstić information content (AvgIpc) is 2.63. The van der Waals surface area contributed by atoms with Crippen molar-refractivity contribution in [3.05, 3.63) is 28.0 Å². The highest BCUT2D eigenvalue weighted by molar-refractivity contribution is 7.91. The van der Waals surface area contributed by atoms with Crippen molar-refractivity contribution in [2.75, 3.05) is 18.6 Å². The molecule has 2 heterocycles. The molecule has 1 unspecified atom stereocenters. The highest BCUT2D eigenvalue weighted by atomic mass is 35.5. The molecule has 0 saturated carbocycles.